The molecule has 8 nitrogen and oxygen atoms in total. The van der Waals surface area contributed by atoms with Crippen molar-refractivity contribution in [2.24, 2.45) is 0 Å². The van der Waals surface area contributed by atoms with Gasteiger partial charge in [-0.3, -0.25) is 4.72 Å². The van der Waals surface area contributed by atoms with E-state index in [-0.39, 0.29) is 35.4 Å². The third-order valence-electron chi connectivity index (χ3n) is 5.63. The molecule has 0 unspecified atom stereocenters. The van der Waals surface area contributed by atoms with Crippen LogP contribution >= 0.6 is 0 Å². The van der Waals surface area contributed by atoms with E-state index in [0.29, 0.717) is 12.1 Å². The van der Waals surface area contributed by atoms with Gasteiger partial charge in [0.2, 0.25) is 10.0 Å². The zero-order valence-corrected chi connectivity index (χ0v) is 20.1. The molecule has 0 radical (unpaired) electrons. The SMILES string of the molecule is Cc1cc(C(CNC[C@H](O)c2ccc(O)c(NS(C)(=O)=O)c2)c2ccc(O)c(C)c2)ccc1O. The highest BCUT2D eigenvalue weighted by molar-refractivity contribution is 7.92. The summed E-state index contributed by atoms with van der Waals surface area (Å²) in [6.07, 6.45) is 0.0253. The van der Waals surface area contributed by atoms with Crippen LogP contribution in [-0.4, -0.2) is 48.2 Å². The van der Waals surface area contributed by atoms with E-state index in [1.54, 1.807) is 12.1 Å². The minimum absolute atomic E-state index is 0.00364. The fourth-order valence-electron chi connectivity index (χ4n) is 3.74. The van der Waals surface area contributed by atoms with Crippen LogP contribution in [0.4, 0.5) is 5.69 Å². The van der Waals surface area contributed by atoms with Crippen molar-refractivity contribution in [1.29, 1.82) is 0 Å². The molecule has 0 aliphatic rings. The third-order valence-corrected chi connectivity index (χ3v) is 6.22. The van der Waals surface area contributed by atoms with Gasteiger partial charge in [0.25, 0.3) is 0 Å². The Morgan fingerprint density at radius 2 is 1.26 bits per heavy atom. The Morgan fingerprint density at radius 1 is 0.765 bits per heavy atom. The molecule has 0 bridgehead atoms. The Hall–Kier alpha value is -3.27. The van der Waals surface area contributed by atoms with E-state index < -0.39 is 16.1 Å². The summed E-state index contributed by atoms with van der Waals surface area (Å²) in [6, 6.07) is 15.0. The van der Waals surface area contributed by atoms with Crippen LogP contribution in [0.25, 0.3) is 0 Å². The van der Waals surface area contributed by atoms with Gasteiger partial charge in [-0.2, -0.15) is 0 Å². The molecule has 9 heteroatoms. The molecule has 1 atom stereocenters. The maximum Gasteiger partial charge on any atom is 0.229 e. The zero-order valence-electron chi connectivity index (χ0n) is 19.3. The van der Waals surface area contributed by atoms with Crippen molar-refractivity contribution in [2.45, 2.75) is 25.9 Å². The number of phenols is 3. The van der Waals surface area contributed by atoms with Gasteiger partial charge in [0, 0.05) is 19.0 Å². The van der Waals surface area contributed by atoms with Crippen molar-refractivity contribution in [3.63, 3.8) is 0 Å². The number of anilines is 1. The monoisotopic (exact) mass is 486 g/mol. The molecule has 0 spiro atoms. The maximum atomic E-state index is 11.5. The number of nitrogens with one attached hydrogen (secondary N) is 2. The summed E-state index contributed by atoms with van der Waals surface area (Å²) in [5.41, 5.74) is 3.85. The Morgan fingerprint density at radius 3 is 1.76 bits per heavy atom. The van der Waals surface area contributed by atoms with E-state index >= 15 is 0 Å². The lowest BCUT2D eigenvalue weighted by atomic mass is 9.89. The number of benzene rings is 3. The van der Waals surface area contributed by atoms with Gasteiger partial charge in [-0.25, -0.2) is 8.42 Å². The number of aliphatic hydroxyl groups excluding tert-OH is 1. The summed E-state index contributed by atoms with van der Waals surface area (Å²) in [4.78, 5) is 0. The van der Waals surface area contributed by atoms with Crippen molar-refractivity contribution in [3.8, 4) is 17.2 Å². The average Bonchev–Trinajstić information content (AvgIpc) is 2.76. The van der Waals surface area contributed by atoms with Crippen LogP contribution in [0.1, 0.15) is 39.8 Å². The van der Waals surface area contributed by atoms with Gasteiger partial charge >= 0.3 is 0 Å². The normalized spacial score (nSPS) is 12.6. The first kappa shape index (κ1) is 25.4. The van der Waals surface area contributed by atoms with Crippen LogP contribution in [0.3, 0.4) is 0 Å². The van der Waals surface area contributed by atoms with Gasteiger partial charge in [0.1, 0.15) is 17.2 Å². The molecular weight excluding hydrogens is 456 g/mol. The second kappa shape index (κ2) is 10.3. The van der Waals surface area contributed by atoms with Gasteiger partial charge in [-0.15, -0.1) is 0 Å². The lowest BCUT2D eigenvalue weighted by Crippen LogP contribution is -2.27. The smallest absolute Gasteiger partial charge is 0.229 e. The van der Waals surface area contributed by atoms with Crippen LogP contribution in [0.2, 0.25) is 0 Å². The molecule has 0 saturated heterocycles. The van der Waals surface area contributed by atoms with Crippen LogP contribution in [0, 0.1) is 13.8 Å². The molecule has 0 amide bonds. The fraction of sp³-hybridized carbons (Fsp3) is 0.280. The van der Waals surface area contributed by atoms with Crippen molar-refractivity contribution < 1.29 is 28.8 Å². The molecule has 34 heavy (non-hydrogen) atoms. The highest BCUT2D eigenvalue weighted by atomic mass is 32.2. The zero-order chi connectivity index (χ0) is 25.0. The first-order valence-corrected chi connectivity index (χ1v) is 12.6. The van der Waals surface area contributed by atoms with Crippen molar-refractivity contribution >= 4 is 15.7 Å². The predicted molar refractivity (Wildman–Crippen MR) is 132 cm³/mol. The Balaban J connectivity index is 1.78. The molecule has 0 fully saturated rings. The minimum Gasteiger partial charge on any atom is -0.508 e. The molecule has 3 rings (SSSR count). The summed E-state index contributed by atoms with van der Waals surface area (Å²) >= 11 is 0. The predicted octanol–water partition coefficient (Wildman–Crippen LogP) is 3.25. The summed E-state index contributed by atoms with van der Waals surface area (Å²) in [7, 11) is -3.59. The van der Waals surface area contributed by atoms with E-state index in [1.165, 1.54) is 18.2 Å². The second-order valence-corrected chi connectivity index (χ2v) is 10.2. The lowest BCUT2D eigenvalue weighted by Gasteiger charge is -2.22. The molecule has 3 aromatic rings. The number of hydrogen-bond donors (Lipinski definition) is 6. The molecule has 0 aromatic heterocycles. The van der Waals surface area contributed by atoms with Crippen molar-refractivity contribution in [3.05, 3.63) is 82.4 Å². The molecule has 3 aromatic carbocycles. The number of rotatable bonds is 9. The van der Waals surface area contributed by atoms with Gasteiger partial charge < -0.3 is 25.7 Å². The molecule has 6 N–H and O–H groups in total. The highest BCUT2D eigenvalue weighted by Crippen LogP contribution is 2.31. The first-order chi connectivity index (χ1) is 15.9. The van der Waals surface area contributed by atoms with Crippen LogP contribution < -0.4 is 10.0 Å². The largest absolute Gasteiger partial charge is 0.508 e. The minimum atomic E-state index is -3.59. The van der Waals surface area contributed by atoms with Gasteiger partial charge in [0.05, 0.1) is 18.0 Å². The Bertz CT molecular complexity index is 1220. The molecule has 182 valence electrons. The number of aliphatic hydroxyl groups is 1. The van der Waals surface area contributed by atoms with E-state index in [0.717, 1.165) is 28.5 Å². The number of hydrogen-bond acceptors (Lipinski definition) is 7. The highest BCUT2D eigenvalue weighted by Gasteiger charge is 2.18. The van der Waals surface area contributed by atoms with E-state index in [4.69, 9.17) is 0 Å². The number of phenolic OH excluding ortho intramolecular Hbond substituents is 3. The number of aromatic hydroxyl groups is 3. The van der Waals surface area contributed by atoms with Gasteiger partial charge in [-0.1, -0.05) is 30.3 Å². The molecule has 0 heterocycles. The topological polar surface area (TPSA) is 139 Å². The van der Waals surface area contributed by atoms with Crippen molar-refractivity contribution in [1.82, 2.24) is 5.32 Å². The third kappa shape index (κ3) is 6.40. The molecular formula is C25H30N2O6S. The first-order valence-electron chi connectivity index (χ1n) is 10.7. The summed E-state index contributed by atoms with van der Waals surface area (Å²) in [5.74, 6) is 0.0603. The van der Waals surface area contributed by atoms with Crippen LogP contribution in [-0.2, 0) is 10.0 Å². The van der Waals surface area contributed by atoms with Gasteiger partial charge in [0.15, 0.2) is 0 Å². The van der Waals surface area contributed by atoms with Crippen LogP contribution in [0.15, 0.2) is 54.6 Å². The fourth-order valence-corrected chi connectivity index (χ4v) is 4.31. The maximum absolute atomic E-state index is 11.5. The standard InChI is InChI=1S/C25H30N2O6S/c1-15-10-17(4-7-22(15)28)20(18-5-8-23(29)16(2)11-18)13-26-14-25(31)19-6-9-24(30)21(12-19)27-34(3,32)33/h4-12,20,25-31H,13-14H2,1-3H3/t25-/m0/s1. The van der Waals surface area contributed by atoms with Gasteiger partial charge in [-0.05, 0) is 65.9 Å². The van der Waals surface area contributed by atoms with Crippen LogP contribution in [0.5, 0.6) is 17.2 Å². The van der Waals surface area contributed by atoms with E-state index in [2.05, 4.69) is 10.0 Å². The summed E-state index contributed by atoms with van der Waals surface area (Å²) < 4.78 is 25.3. The average molecular weight is 487 g/mol. The second-order valence-electron chi connectivity index (χ2n) is 8.47. The number of sulfonamides is 1. The van der Waals surface area contributed by atoms with E-state index in [9.17, 15) is 28.8 Å². The Labute approximate surface area is 199 Å². The molecule has 0 saturated carbocycles. The Kier molecular flexibility index (Phi) is 7.71. The quantitative estimate of drug-likeness (QED) is 0.255. The summed E-state index contributed by atoms with van der Waals surface area (Å²) in [5, 5.41) is 43.7. The molecule has 0 aliphatic carbocycles. The van der Waals surface area contributed by atoms with E-state index in [1.807, 2.05) is 38.1 Å². The molecule has 0 aliphatic heterocycles. The number of aryl methyl sites for hydroxylation is 2. The van der Waals surface area contributed by atoms with Crippen molar-refractivity contribution in [2.75, 3.05) is 24.1 Å². The lowest BCUT2D eigenvalue weighted by molar-refractivity contribution is 0.174. The summed E-state index contributed by atoms with van der Waals surface area (Å²) in [6.45, 7) is 4.27.